The molecule has 1 aliphatic rings. The van der Waals surface area contributed by atoms with Gasteiger partial charge in [-0.05, 0) is 54.7 Å². The van der Waals surface area contributed by atoms with E-state index in [9.17, 15) is 4.39 Å². The fraction of sp³-hybridized carbons (Fsp3) is 0.364. The number of anilines is 3. The Kier molecular flexibility index (Phi) is 10.9. The van der Waals surface area contributed by atoms with E-state index in [-0.39, 0.29) is 24.8 Å². The maximum absolute atomic E-state index is 13.8. The fourth-order valence-electron chi connectivity index (χ4n) is 3.13. The van der Waals surface area contributed by atoms with Crippen LogP contribution in [0.5, 0.6) is 0 Å². The lowest BCUT2D eigenvalue weighted by molar-refractivity contribution is -0.123. The van der Waals surface area contributed by atoms with Crippen molar-refractivity contribution in [3.63, 3.8) is 0 Å². The predicted molar refractivity (Wildman–Crippen MR) is 117 cm³/mol. The molecule has 0 atom stereocenters. The maximum Gasteiger partial charge on any atom is 0.290 e. The number of hydrogen-bond donors (Lipinski definition) is 4. The lowest BCUT2D eigenvalue weighted by Crippen LogP contribution is -2.39. The van der Waals surface area contributed by atoms with Gasteiger partial charge in [-0.15, -0.1) is 0 Å². The first-order valence-corrected chi connectivity index (χ1v) is 9.69. The lowest BCUT2D eigenvalue weighted by Gasteiger charge is -2.33. The molecule has 30 heavy (non-hydrogen) atoms. The maximum atomic E-state index is 13.8. The van der Waals surface area contributed by atoms with E-state index >= 15 is 0 Å². The lowest BCUT2D eigenvalue weighted by atomic mass is 10.0. The Hall–Kier alpha value is -3.13. The molecule has 2 aromatic carbocycles. The standard InChI is InChI=1S/C20H26FN3.2CH2O2/c1-14(2)15-3-6-18(7-4-15)23-19-13-16(21)5-8-20(19)24-11-9-17(22)10-12-24;2*2-1-3/h3-8,13-14,17,23H,9-12,22H2,1-2H3;2*1H,(H,2,3). The Labute approximate surface area is 176 Å². The average Bonchev–Trinajstić information content (AvgIpc) is 2.71. The minimum absolute atomic E-state index is 0.228. The van der Waals surface area contributed by atoms with Crippen molar-refractivity contribution in [1.82, 2.24) is 0 Å². The van der Waals surface area contributed by atoms with Crippen LogP contribution in [0.4, 0.5) is 21.5 Å². The zero-order valence-corrected chi connectivity index (χ0v) is 17.3. The van der Waals surface area contributed by atoms with E-state index in [0.29, 0.717) is 5.92 Å². The van der Waals surface area contributed by atoms with Crippen LogP contribution in [-0.2, 0) is 9.59 Å². The van der Waals surface area contributed by atoms with E-state index < -0.39 is 0 Å². The molecule has 1 fully saturated rings. The molecule has 0 bridgehead atoms. The van der Waals surface area contributed by atoms with Gasteiger partial charge in [0.15, 0.2) is 0 Å². The summed E-state index contributed by atoms with van der Waals surface area (Å²) in [6.07, 6.45) is 1.94. The van der Waals surface area contributed by atoms with E-state index in [2.05, 4.69) is 48.3 Å². The molecule has 1 saturated heterocycles. The van der Waals surface area contributed by atoms with Crippen molar-refractivity contribution >= 4 is 30.0 Å². The summed E-state index contributed by atoms with van der Waals surface area (Å²) in [5.41, 5.74) is 10.1. The van der Waals surface area contributed by atoms with Crippen LogP contribution in [0.15, 0.2) is 42.5 Å². The van der Waals surface area contributed by atoms with Crippen LogP contribution in [-0.4, -0.2) is 42.3 Å². The third kappa shape index (κ3) is 8.08. The van der Waals surface area contributed by atoms with Crippen molar-refractivity contribution in [2.24, 2.45) is 5.73 Å². The number of nitrogens with zero attached hydrogens (tertiary/aromatic N) is 1. The van der Waals surface area contributed by atoms with E-state index in [1.54, 1.807) is 6.07 Å². The van der Waals surface area contributed by atoms with Crippen LogP contribution in [0.25, 0.3) is 0 Å². The first-order valence-electron chi connectivity index (χ1n) is 9.69. The summed E-state index contributed by atoms with van der Waals surface area (Å²) >= 11 is 0. The van der Waals surface area contributed by atoms with E-state index in [0.717, 1.165) is 43.0 Å². The summed E-state index contributed by atoms with van der Waals surface area (Å²) < 4.78 is 13.8. The molecule has 0 radical (unpaired) electrons. The first-order chi connectivity index (χ1) is 14.4. The number of benzene rings is 2. The fourth-order valence-corrected chi connectivity index (χ4v) is 3.13. The minimum atomic E-state index is -0.250. The number of halogens is 1. The molecule has 0 unspecified atom stereocenters. The second-order valence-electron chi connectivity index (χ2n) is 7.10. The molecule has 7 nitrogen and oxygen atoms in total. The van der Waals surface area contributed by atoms with Crippen molar-refractivity contribution in [2.45, 2.75) is 38.6 Å². The number of hydrogen-bond acceptors (Lipinski definition) is 5. The number of carbonyl (C=O) groups is 2. The van der Waals surface area contributed by atoms with Crippen molar-refractivity contribution in [2.75, 3.05) is 23.3 Å². The molecule has 164 valence electrons. The van der Waals surface area contributed by atoms with Gasteiger partial charge >= 0.3 is 0 Å². The Morgan fingerprint density at radius 2 is 1.60 bits per heavy atom. The molecule has 3 rings (SSSR count). The van der Waals surface area contributed by atoms with Gasteiger partial charge in [-0.1, -0.05) is 26.0 Å². The molecule has 0 spiro atoms. The molecule has 1 aliphatic heterocycles. The molecule has 0 aromatic heterocycles. The van der Waals surface area contributed by atoms with E-state index in [1.807, 2.05) is 6.07 Å². The van der Waals surface area contributed by atoms with Crippen LogP contribution in [0.1, 0.15) is 38.2 Å². The van der Waals surface area contributed by atoms with Gasteiger partial charge in [-0.25, -0.2) is 4.39 Å². The molecule has 0 amide bonds. The first kappa shape index (κ1) is 24.9. The van der Waals surface area contributed by atoms with Crippen LogP contribution in [0, 0.1) is 5.82 Å². The monoisotopic (exact) mass is 419 g/mol. The van der Waals surface area contributed by atoms with Crippen LogP contribution in [0.3, 0.4) is 0 Å². The number of nitrogens with two attached hydrogens (primary N) is 1. The quantitative estimate of drug-likeness (QED) is 0.553. The van der Waals surface area contributed by atoms with Crippen molar-refractivity contribution < 1.29 is 24.2 Å². The SMILES string of the molecule is CC(C)c1ccc(Nc2cc(F)ccc2N2CCC(N)CC2)cc1.O=CO.O=CO. The van der Waals surface area contributed by atoms with Crippen molar-refractivity contribution in [3.05, 3.63) is 53.8 Å². The summed E-state index contributed by atoms with van der Waals surface area (Å²) in [5, 5.41) is 17.2. The zero-order valence-electron chi connectivity index (χ0n) is 17.3. The Balaban J connectivity index is 0.000000672. The van der Waals surface area contributed by atoms with Gasteiger partial charge in [0.25, 0.3) is 12.9 Å². The van der Waals surface area contributed by atoms with Gasteiger partial charge < -0.3 is 26.2 Å². The second-order valence-corrected chi connectivity index (χ2v) is 7.10. The number of nitrogens with one attached hydrogen (secondary N) is 1. The smallest absolute Gasteiger partial charge is 0.290 e. The molecular weight excluding hydrogens is 389 g/mol. The Bertz CT molecular complexity index is 770. The Morgan fingerprint density at radius 3 is 2.10 bits per heavy atom. The highest BCUT2D eigenvalue weighted by molar-refractivity contribution is 5.75. The van der Waals surface area contributed by atoms with Crippen LogP contribution < -0.4 is 16.0 Å². The molecule has 8 heteroatoms. The van der Waals surface area contributed by atoms with Gasteiger partial charge in [-0.3, -0.25) is 9.59 Å². The third-order valence-electron chi connectivity index (χ3n) is 4.70. The largest absolute Gasteiger partial charge is 0.483 e. The van der Waals surface area contributed by atoms with Gasteiger partial charge in [0.2, 0.25) is 0 Å². The molecule has 1 heterocycles. The highest BCUT2D eigenvalue weighted by atomic mass is 19.1. The highest BCUT2D eigenvalue weighted by Crippen LogP contribution is 2.32. The van der Waals surface area contributed by atoms with Gasteiger partial charge in [0.1, 0.15) is 5.82 Å². The highest BCUT2D eigenvalue weighted by Gasteiger charge is 2.19. The van der Waals surface area contributed by atoms with Crippen LogP contribution >= 0.6 is 0 Å². The number of rotatable bonds is 4. The summed E-state index contributed by atoms with van der Waals surface area (Å²) in [6, 6.07) is 13.6. The topological polar surface area (TPSA) is 116 Å². The normalized spacial score (nSPS) is 13.4. The molecule has 2 aromatic rings. The predicted octanol–water partition coefficient (Wildman–Crippen LogP) is 4.02. The summed E-state index contributed by atoms with van der Waals surface area (Å²) in [7, 11) is 0. The molecule has 0 aliphatic carbocycles. The summed E-state index contributed by atoms with van der Waals surface area (Å²) in [5.74, 6) is 0.273. The summed E-state index contributed by atoms with van der Waals surface area (Å²) in [4.78, 5) is 19.0. The molecule has 0 saturated carbocycles. The molecule has 5 N–H and O–H groups in total. The Morgan fingerprint density at radius 1 is 1.07 bits per heavy atom. The van der Waals surface area contributed by atoms with Crippen molar-refractivity contribution in [1.29, 1.82) is 0 Å². The third-order valence-corrected chi connectivity index (χ3v) is 4.70. The number of piperidine rings is 1. The zero-order chi connectivity index (χ0) is 22.5. The second kappa shape index (κ2) is 13.2. The van der Waals surface area contributed by atoms with Crippen LogP contribution in [0.2, 0.25) is 0 Å². The van der Waals surface area contributed by atoms with E-state index in [4.69, 9.17) is 25.5 Å². The summed E-state index contributed by atoms with van der Waals surface area (Å²) in [6.45, 7) is 5.67. The number of carboxylic acid groups (broad SMARTS) is 2. The van der Waals surface area contributed by atoms with Crippen molar-refractivity contribution in [3.8, 4) is 0 Å². The average molecular weight is 419 g/mol. The molecular formula is C22H30FN3O4. The van der Waals surface area contributed by atoms with Gasteiger partial charge in [0.05, 0.1) is 11.4 Å². The van der Waals surface area contributed by atoms with E-state index in [1.165, 1.54) is 11.6 Å². The minimum Gasteiger partial charge on any atom is -0.483 e. The van der Waals surface area contributed by atoms with Gasteiger partial charge in [0, 0.05) is 24.8 Å². The van der Waals surface area contributed by atoms with Gasteiger partial charge in [-0.2, -0.15) is 0 Å².